The lowest BCUT2D eigenvalue weighted by Crippen LogP contribution is -2.36. The minimum atomic E-state index is -0.0791. The van der Waals surface area contributed by atoms with Crippen LogP contribution in [0.15, 0.2) is 29.1 Å². The Morgan fingerprint density at radius 1 is 1.26 bits per heavy atom. The van der Waals surface area contributed by atoms with E-state index in [0.717, 1.165) is 0 Å². The fraction of sp³-hybridized carbons (Fsp3) is 0.500. The first kappa shape index (κ1) is 13.7. The van der Waals surface area contributed by atoms with Crippen molar-refractivity contribution in [2.75, 3.05) is 6.54 Å². The van der Waals surface area contributed by atoms with Crippen LogP contribution in [0, 0.1) is 5.92 Å². The number of hydrogen-bond acceptors (Lipinski definition) is 4. The molecule has 2 aromatic rings. The summed E-state index contributed by atoms with van der Waals surface area (Å²) in [5, 5.41) is 12.0. The van der Waals surface area contributed by atoms with Crippen molar-refractivity contribution in [2.45, 2.75) is 33.4 Å². The van der Waals surface area contributed by atoms with E-state index in [1.54, 1.807) is 12.1 Å². The molecule has 102 valence electrons. The van der Waals surface area contributed by atoms with E-state index in [1.807, 2.05) is 12.1 Å². The number of nitrogens with one attached hydrogen (secondary N) is 1. The Kier molecular flexibility index (Phi) is 4.27. The predicted octanol–water partition coefficient (Wildman–Crippen LogP) is 1.43. The molecule has 0 saturated heterocycles. The molecule has 2 rings (SSSR count). The summed E-state index contributed by atoms with van der Waals surface area (Å²) in [5.41, 5.74) is 0.567. The van der Waals surface area contributed by atoms with Crippen LogP contribution in [-0.4, -0.2) is 27.6 Å². The second-order valence-electron chi connectivity index (χ2n) is 5.12. The van der Waals surface area contributed by atoms with Gasteiger partial charge in [-0.25, -0.2) is 4.68 Å². The van der Waals surface area contributed by atoms with Crippen LogP contribution in [0.5, 0.6) is 0 Å². The Morgan fingerprint density at radius 3 is 2.74 bits per heavy atom. The zero-order valence-electron chi connectivity index (χ0n) is 11.6. The second kappa shape index (κ2) is 5.93. The summed E-state index contributed by atoms with van der Waals surface area (Å²) >= 11 is 0. The molecule has 1 aromatic carbocycles. The van der Waals surface area contributed by atoms with Gasteiger partial charge in [0.1, 0.15) is 5.52 Å². The molecule has 0 amide bonds. The second-order valence-corrected chi connectivity index (χ2v) is 5.12. The monoisotopic (exact) mass is 260 g/mol. The fourth-order valence-corrected chi connectivity index (χ4v) is 1.80. The highest BCUT2D eigenvalue weighted by atomic mass is 16.1. The summed E-state index contributed by atoms with van der Waals surface area (Å²) in [5.74, 6) is 0.569. The van der Waals surface area contributed by atoms with Gasteiger partial charge in [-0.15, -0.1) is 5.10 Å². The third kappa shape index (κ3) is 3.17. The van der Waals surface area contributed by atoms with E-state index in [2.05, 4.69) is 36.4 Å². The number of hydrogen-bond donors (Lipinski definition) is 1. The summed E-state index contributed by atoms with van der Waals surface area (Å²) < 4.78 is 1.42. The molecule has 0 aliphatic heterocycles. The van der Waals surface area contributed by atoms with Crippen molar-refractivity contribution in [3.8, 4) is 0 Å². The summed E-state index contributed by atoms with van der Waals surface area (Å²) in [6.07, 6.45) is 0. The van der Waals surface area contributed by atoms with Crippen LogP contribution in [0.25, 0.3) is 10.9 Å². The topological polar surface area (TPSA) is 59.8 Å². The predicted molar refractivity (Wildman–Crippen MR) is 76.1 cm³/mol. The molecule has 1 aromatic heterocycles. The highest BCUT2D eigenvalue weighted by Crippen LogP contribution is 2.03. The van der Waals surface area contributed by atoms with E-state index in [9.17, 15) is 4.79 Å². The van der Waals surface area contributed by atoms with Crippen molar-refractivity contribution in [1.82, 2.24) is 20.3 Å². The van der Waals surface area contributed by atoms with Gasteiger partial charge in [0.25, 0.3) is 5.56 Å². The lowest BCUT2D eigenvalue weighted by molar-refractivity contribution is 0.404. The van der Waals surface area contributed by atoms with Crippen LogP contribution in [0.4, 0.5) is 0 Å². The molecule has 0 radical (unpaired) electrons. The van der Waals surface area contributed by atoms with Crippen molar-refractivity contribution in [3.05, 3.63) is 34.6 Å². The average Bonchev–Trinajstić information content (AvgIpc) is 2.41. The third-order valence-electron chi connectivity index (χ3n) is 3.42. The molecule has 0 saturated carbocycles. The van der Waals surface area contributed by atoms with Crippen LogP contribution < -0.4 is 10.9 Å². The average molecular weight is 260 g/mol. The standard InChI is InChI=1S/C14H20N4O/c1-10(2)11(3)15-8-9-18-14(19)12-6-4-5-7-13(12)16-17-18/h4-7,10-11,15H,8-9H2,1-3H3. The fourth-order valence-electron chi connectivity index (χ4n) is 1.80. The first-order valence-corrected chi connectivity index (χ1v) is 6.65. The molecule has 0 aliphatic rings. The highest BCUT2D eigenvalue weighted by molar-refractivity contribution is 5.76. The van der Waals surface area contributed by atoms with E-state index in [1.165, 1.54) is 4.68 Å². The Morgan fingerprint density at radius 2 is 2.00 bits per heavy atom. The molecule has 0 aliphatic carbocycles. The normalized spacial score (nSPS) is 13.1. The van der Waals surface area contributed by atoms with Gasteiger partial charge < -0.3 is 5.32 Å². The van der Waals surface area contributed by atoms with E-state index >= 15 is 0 Å². The Labute approximate surface area is 112 Å². The van der Waals surface area contributed by atoms with E-state index < -0.39 is 0 Å². The third-order valence-corrected chi connectivity index (χ3v) is 3.42. The van der Waals surface area contributed by atoms with Crippen molar-refractivity contribution < 1.29 is 0 Å². The van der Waals surface area contributed by atoms with Crippen molar-refractivity contribution in [2.24, 2.45) is 5.92 Å². The van der Waals surface area contributed by atoms with Gasteiger partial charge in [0, 0.05) is 12.6 Å². The number of rotatable bonds is 5. The van der Waals surface area contributed by atoms with Crippen LogP contribution >= 0.6 is 0 Å². The molecule has 5 nitrogen and oxygen atoms in total. The van der Waals surface area contributed by atoms with Crippen LogP contribution in [0.2, 0.25) is 0 Å². The maximum atomic E-state index is 12.2. The molecule has 1 atom stereocenters. The maximum absolute atomic E-state index is 12.2. The van der Waals surface area contributed by atoms with Gasteiger partial charge in [0.15, 0.2) is 0 Å². The molecule has 1 heterocycles. The highest BCUT2D eigenvalue weighted by Gasteiger charge is 2.07. The Hall–Kier alpha value is -1.75. The largest absolute Gasteiger partial charge is 0.312 e. The van der Waals surface area contributed by atoms with Crippen molar-refractivity contribution in [1.29, 1.82) is 0 Å². The number of nitrogens with zero attached hydrogens (tertiary/aromatic N) is 3. The molecule has 1 unspecified atom stereocenters. The van der Waals surface area contributed by atoms with Crippen molar-refractivity contribution in [3.63, 3.8) is 0 Å². The number of fused-ring (bicyclic) bond motifs is 1. The van der Waals surface area contributed by atoms with Crippen LogP contribution in [0.3, 0.4) is 0 Å². The van der Waals surface area contributed by atoms with Gasteiger partial charge in [-0.3, -0.25) is 4.79 Å². The molecular weight excluding hydrogens is 240 g/mol. The molecule has 1 N–H and O–H groups in total. The van der Waals surface area contributed by atoms with E-state index in [-0.39, 0.29) is 5.56 Å². The van der Waals surface area contributed by atoms with Gasteiger partial charge in [0.2, 0.25) is 0 Å². The number of benzene rings is 1. The smallest absolute Gasteiger partial charge is 0.277 e. The summed E-state index contributed by atoms with van der Waals surface area (Å²) in [6, 6.07) is 7.70. The SMILES string of the molecule is CC(C)C(C)NCCn1nnc2ccccc2c1=O. The summed E-state index contributed by atoms with van der Waals surface area (Å²) in [6.45, 7) is 7.72. The summed E-state index contributed by atoms with van der Waals surface area (Å²) in [7, 11) is 0. The zero-order valence-corrected chi connectivity index (χ0v) is 11.6. The molecule has 0 bridgehead atoms. The minimum absolute atomic E-state index is 0.0791. The first-order chi connectivity index (χ1) is 9.09. The molecule has 0 spiro atoms. The van der Waals surface area contributed by atoms with Crippen LogP contribution in [0.1, 0.15) is 20.8 Å². The Bertz CT molecular complexity index is 606. The van der Waals surface area contributed by atoms with Crippen molar-refractivity contribution >= 4 is 10.9 Å². The summed E-state index contributed by atoms with van der Waals surface area (Å²) in [4.78, 5) is 12.2. The molecule has 19 heavy (non-hydrogen) atoms. The molecule has 5 heteroatoms. The lowest BCUT2D eigenvalue weighted by Gasteiger charge is -2.17. The van der Waals surface area contributed by atoms with Gasteiger partial charge in [-0.2, -0.15) is 0 Å². The number of aromatic nitrogens is 3. The van der Waals surface area contributed by atoms with E-state index in [4.69, 9.17) is 0 Å². The lowest BCUT2D eigenvalue weighted by atomic mass is 10.1. The van der Waals surface area contributed by atoms with Gasteiger partial charge in [-0.1, -0.05) is 31.2 Å². The minimum Gasteiger partial charge on any atom is -0.312 e. The Balaban J connectivity index is 2.09. The van der Waals surface area contributed by atoms with Gasteiger partial charge >= 0.3 is 0 Å². The molecular formula is C14H20N4O. The van der Waals surface area contributed by atoms with Gasteiger partial charge in [0.05, 0.1) is 11.9 Å². The maximum Gasteiger partial charge on any atom is 0.277 e. The van der Waals surface area contributed by atoms with Crippen LogP contribution in [-0.2, 0) is 6.54 Å². The molecule has 0 fully saturated rings. The first-order valence-electron chi connectivity index (χ1n) is 6.65. The zero-order chi connectivity index (χ0) is 13.8. The quantitative estimate of drug-likeness (QED) is 0.883. The van der Waals surface area contributed by atoms with E-state index in [0.29, 0.717) is 36.0 Å². The van der Waals surface area contributed by atoms with Gasteiger partial charge in [-0.05, 0) is 25.0 Å².